The first-order chi connectivity index (χ1) is 17.7. The summed E-state index contributed by atoms with van der Waals surface area (Å²) in [5.41, 5.74) is 1.23. The number of aromatic hydroxyl groups is 1. The molecule has 1 saturated heterocycles. The molecule has 0 bridgehead atoms. The first kappa shape index (κ1) is 28.9. The summed E-state index contributed by atoms with van der Waals surface area (Å²) in [5.74, 6) is 0.553. The van der Waals surface area contributed by atoms with Gasteiger partial charge in [0.2, 0.25) is 0 Å². The van der Waals surface area contributed by atoms with Crippen molar-refractivity contribution in [2.45, 2.75) is 55.9 Å². The van der Waals surface area contributed by atoms with Crippen LogP contribution in [0.5, 0.6) is 23.0 Å². The van der Waals surface area contributed by atoms with Gasteiger partial charge in [-0.2, -0.15) is 0 Å². The summed E-state index contributed by atoms with van der Waals surface area (Å²) in [6.07, 6.45) is -9.93. The fourth-order valence-electron chi connectivity index (χ4n) is 3.95. The molecular formula is C25H34O12. The molecule has 0 aromatic heterocycles. The number of rotatable bonds is 12. The molecule has 1 heterocycles. The minimum absolute atomic E-state index is 0.0395. The lowest BCUT2D eigenvalue weighted by Gasteiger charge is -2.40. The van der Waals surface area contributed by atoms with Crippen LogP contribution in [0.3, 0.4) is 0 Å². The average Bonchev–Trinajstić information content (AvgIpc) is 2.91. The molecule has 37 heavy (non-hydrogen) atoms. The van der Waals surface area contributed by atoms with E-state index >= 15 is 0 Å². The third-order valence-corrected chi connectivity index (χ3v) is 6.00. The van der Waals surface area contributed by atoms with Crippen molar-refractivity contribution in [1.82, 2.24) is 0 Å². The Hall–Kier alpha value is -2.68. The molecular weight excluding hydrogens is 492 g/mol. The molecule has 1 aliphatic heterocycles. The molecule has 0 amide bonds. The van der Waals surface area contributed by atoms with Gasteiger partial charge < -0.3 is 59.4 Å². The third kappa shape index (κ3) is 6.80. The molecule has 1 fully saturated rings. The van der Waals surface area contributed by atoms with Gasteiger partial charge in [-0.05, 0) is 48.2 Å². The maximum atomic E-state index is 10.4. The van der Waals surface area contributed by atoms with E-state index < -0.39 is 49.7 Å². The predicted molar refractivity (Wildman–Crippen MR) is 127 cm³/mol. The second-order valence-electron chi connectivity index (χ2n) is 8.51. The molecule has 0 radical (unpaired) electrons. The Morgan fingerprint density at radius 1 is 0.865 bits per heavy atom. The number of phenols is 1. The molecule has 12 heteroatoms. The Morgan fingerprint density at radius 2 is 1.59 bits per heavy atom. The van der Waals surface area contributed by atoms with Gasteiger partial charge in [0.25, 0.3) is 0 Å². The highest BCUT2D eigenvalue weighted by atomic mass is 16.8. The Labute approximate surface area is 213 Å². The molecule has 0 aliphatic carbocycles. The van der Waals surface area contributed by atoms with Crippen LogP contribution < -0.4 is 14.2 Å². The summed E-state index contributed by atoms with van der Waals surface area (Å²) in [6.45, 7) is -0.558. The maximum Gasteiger partial charge on any atom is 0.190 e. The van der Waals surface area contributed by atoms with Gasteiger partial charge in [0, 0.05) is 6.61 Å². The summed E-state index contributed by atoms with van der Waals surface area (Å²) in [5, 5.41) is 69.6. The zero-order valence-corrected chi connectivity index (χ0v) is 20.5. The molecule has 206 valence electrons. The van der Waals surface area contributed by atoms with Crippen molar-refractivity contribution >= 4 is 0 Å². The second kappa shape index (κ2) is 13.2. The smallest absolute Gasteiger partial charge is 0.190 e. The fourth-order valence-corrected chi connectivity index (χ4v) is 3.95. The standard InChI is InChI=1S/C25H34O12/c1-33-17-11-14(6-7-15(17)28)23(36-25-22(31)20(29)21(30)24(32)37-25)19(12-27)35-16-8-5-13(4-3-9-26)10-18(16)34-2/h5-8,10-11,19-32H,3-4,9,12H2,1-2H3/t19-,20+,21-,22-,23-,24-,25-/m1/s1. The lowest BCUT2D eigenvalue weighted by Crippen LogP contribution is -2.58. The van der Waals surface area contributed by atoms with Gasteiger partial charge in [0.05, 0.1) is 20.8 Å². The number of hydrogen-bond donors (Lipinski definition) is 7. The molecule has 1 aliphatic rings. The van der Waals surface area contributed by atoms with Crippen molar-refractivity contribution in [2.24, 2.45) is 0 Å². The second-order valence-corrected chi connectivity index (χ2v) is 8.51. The molecule has 7 atom stereocenters. The normalized spacial score (nSPS) is 25.4. The zero-order chi connectivity index (χ0) is 27.1. The Balaban J connectivity index is 1.95. The number of aryl methyl sites for hydroxylation is 1. The number of aliphatic hydroxyl groups is 6. The topological polar surface area (TPSA) is 188 Å². The van der Waals surface area contributed by atoms with E-state index in [1.54, 1.807) is 18.2 Å². The molecule has 0 unspecified atom stereocenters. The Morgan fingerprint density at radius 3 is 2.24 bits per heavy atom. The quantitative estimate of drug-likeness (QED) is 0.190. The predicted octanol–water partition coefficient (Wildman–Crippen LogP) is -0.411. The average molecular weight is 527 g/mol. The van der Waals surface area contributed by atoms with Gasteiger partial charge in [0.15, 0.2) is 41.7 Å². The molecule has 7 N–H and O–H groups in total. The van der Waals surface area contributed by atoms with Crippen LogP contribution in [-0.4, -0.2) is 100 Å². The van der Waals surface area contributed by atoms with Crippen molar-refractivity contribution in [1.29, 1.82) is 0 Å². The van der Waals surface area contributed by atoms with Gasteiger partial charge in [-0.1, -0.05) is 12.1 Å². The number of benzene rings is 2. The Kier molecular flexibility index (Phi) is 10.3. The number of ether oxygens (including phenoxy) is 5. The minimum atomic E-state index is -1.85. The van der Waals surface area contributed by atoms with Gasteiger partial charge in [-0.25, -0.2) is 0 Å². The van der Waals surface area contributed by atoms with Crippen molar-refractivity contribution in [3.8, 4) is 23.0 Å². The Bertz CT molecular complexity index is 1000. The number of methoxy groups -OCH3 is 2. The monoisotopic (exact) mass is 526 g/mol. The fraction of sp³-hybridized carbons (Fsp3) is 0.520. The van der Waals surface area contributed by atoms with Crippen molar-refractivity contribution in [2.75, 3.05) is 27.4 Å². The number of phenolic OH excluding ortho intramolecular Hbond substituents is 1. The van der Waals surface area contributed by atoms with Crippen LogP contribution in [0.1, 0.15) is 23.7 Å². The maximum absolute atomic E-state index is 10.4. The van der Waals surface area contributed by atoms with Crippen molar-refractivity contribution < 1.29 is 59.4 Å². The molecule has 0 saturated carbocycles. The lowest BCUT2D eigenvalue weighted by molar-refractivity contribution is -0.352. The van der Waals surface area contributed by atoms with E-state index in [4.69, 9.17) is 28.8 Å². The van der Waals surface area contributed by atoms with E-state index in [0.717, 1.165) is 5.56 Å². The van der Waals surface area contributed by atoms with E-state index in [1.807, 2.05) is 0 Å². The molecule has 12 nitrogen and oxygen atoms in total. The van der Waals surface area contributed by atoms with Crippen molar-refractivity contribution in [3.63, 3.8) is 0 Å². The van der Waals surface area contributed by atoms with E-state index in [0.29, 0.717) is 24.2 Å². The van der Waals surface area contributed by atoms with Crippen LogP contribution >= 0.6 is 0 Å². The van der Waals surface area contributed by atoms with Gasteiger partial charge in [-0.15, -0.1) is 0 Å². The van der Waals surface area contributed by atoms with Gasteiger partial charge >= 0.3 is 0 Å². The summed E-state index contributed by atoms with van der Waals surface area (Å²) in [4.78, 5) is 0. The highest BCUT2D eigenvalue weighted by molar-refractivity contribution is 5.44. The van der Waals surface area contributed by atoms with Gasteiger partial charge in [0.1, 0.15) is 24.4 Å². The van der Waals surface area contributed by atoms with Crippen LogP contribution in [0.25, 0.3) is 0 Å². The largest absolute Gasteiger partial charge is 0.504 e. The first-order valence-corrected chi connectivity index (χ1v) is 11.7. The number of aliphatic hydroxyl groups excluding tert-OH is 6. The van der Waals surface area contributed by atoms with Crippen LogP contribution in [0.4, 0.5) is 0 Å². The van der Waals surface area contributed by atoms with Crippen LogP contribution in [0, 0.1) is 0 Å². The summed E-state index contributed by atoms with van der Waals surface area (Å²) >= 11 is 0. The van der Waals surface area contributed by atoms with Crippen LogP contribution in [-0.2, 0) is 15.9 Å². The lowest BCUT2D eigenvalue weighted by atomic mass is 10.0. The zero-order valence-electron chi connectivity index (χ0n) is 20.5. The first-order valence-electron chi connectivity index (χ1n) is 11.7. The highest BCUT2D eigenvalue weighted by Gasteiger charge is 2.45. The molecule has 3 rings (SSSR count). The SMILES string of the molecule is COc1cc([C@@H](O[C@@H]2O[C@@H](O)[C@H](O)[C@H](O)[C@H]2O)[C@@H](CO)Oc2ccc(CCCO)cc2OC)ccc1O. The van der Waals surface area contributed by atoms with Gasteiger partial charge in [-0.3, -0.25) is 0 Å². The summed E-state index contributed by atoms with van der Waals surface area (Å²) in [6, 6.07) is 9.39. The van der Waals surface area contributed by atoms with Crippen molar-refractivity contribution in [3.05, 3.63) is 47.5 Å². The van der Waals surface area contributed by atoms with E-state index in [-0.39, 0.29) is 23.9 Å². The molecule has 0 spiro atoms. The third-order valence-electron chi connectivity index (χ3n) is 6.00. The molecule has 2 aromatic carbocycles. The summed E-state index contributed by atoms with van der Waals surface area (Å²) in [7, 11) is 2.80. The van der Waals surface area contributed by atoms with Crippen LogP contribution in [0.15, 0.2) is 36.4 Å². The van der Waals surface area contributed by atoms with E-state index in [2.05, 4.69) is 0 Å². The minimum Gasteiger partial charge on any atom is -0.504 e. The highest BCUT2D eigenvalue weighted by Crippen LogP contribution is 2.37. The van der Waals surface area contributed by atoms with E-state index in [9.17, 15) is 30.6 Å². The van der Waals surface area contributed by atoms with E-state index in [1.165, 1.54) is 32.4 Å². The summed E-state index contributed by atoms with van der Waals surface area (Å²) < 4.78 is 27.7. The molecule has 2 aromatic rings. The van der Waals surface area contributed by atoms with Crippen LogP contribution in [0.2, 0.25) is 0 Å². The number of hydrogen-bond acceptors (Lipinski definition) is 12.